The zero-order chi connectivity index (χ0) is 20.2. The molecule has 0 N–H and O–H groups in total. The molecular weight excluding hydrogens is 412 g/mol. The maximum atomic E-state index is 12.3. The van der Waals surface area contributed by atoms with Crippen molar-refractivity contribution < 1.29 is 8.83 Å². The van der Waals surface area contributed by atoms with Gasteiger partial charge >= 0.3 is 5.63 Å². The van der Waals surface area contributed by atoms with Gasteiger partial charge in [0.25, 0.3) is 0 Å². The van der Waals surface area contributed by atoms with Gasteiger partial charge in [-0.1, -0.05) is 0 Å². The van der Waals surface area contributed by atoms with Crippen LogP contribution in [0.15, 0.2) is 44.1 Å². The lowest BCUT2D eigenvalue weighted by molar-refractivity contribution is 0.332. The third-order valence-corrected chi connectivity index (χ3v) is 6.64. The minimum Gasteiger partial charge on any atom is -0.454 e. The number of halogens is 1. The fraction of sp³-hybridized carbons (Fsp3) is 0.360. The van der Waals surface area contributed by atoms with Gasteiger partial charge in [0, 0.05) is 35.1 Å². The van der Waals surface area contributed by atoms with Crippen molar-refractivity contribution in [2.24, 2.45) is 0 Å². The second-order valence-electron chi connectivity index (χ2n) is 8.66. The van der Waals surface area contributed by atoms with Crippen LogP contribution >= 0.6 is 12.4 Å². The van der Waals surface area contributed by atoms with Crippen LogP contribution in [0.25, 0.3) is 33.3 Å². The molecule has 160 valence electrons. The summed E-state index contributed by atoms with van der Waals surface area (Å²) < 4.78 is 11.9. The molecule has 0 unspecified atom stereocenters. The average Bonchev–Trinajstić information content (AvgIpc) is 3.48. The number of fused-ring (bicyclic) bond motifs is 3. The van der Waals surface area contributed by atoms with Gasteiger partial charge in [-0.05, 0) is 87.0 Å². The van der Waals surface area contributed by atoms with Crippen molar-refractivity contribution in [3.63, 3.8) is 0 Å². The standard InChI is InChI=1S/C25H24N2O3.ClH/c1-15-25-19(18(13-26-15)14-27-7-2-3-8-27)11-23(30-25)21-12-24(28)29-22-10-17-6-4-5-16(17)9-20(21)22;/h9-13H,2-8,14H2,1H3;1H. The fourth-order valence-electron chi connectivity index (χ4n) is 5.08. The van der Waals surface area contributed by atoms with Gasteiger partial charge in [-0.15, -0.1) is 12.4 Å². The Labute approximate surface area is 186 Å². The number of furan rings is 1. The molecule has 0 saturated carbocycles. The van der Waals surface area contributed by atoms with Crippen LogP contribution in [-0.2, 0) is 19.4 Å². The molecule has 2 aliphatic rings. The first-order chi connectivity index (χ1) is 14.7. The number of benzene rings is 1. The maximum Gasteiger partial charge on any atom is 0.336 e. The molecule has 0 radical (unpaired) electrons. The maximum absolute atomic E-state index is 12.3. The normalized spacial score (nSPS) is 16.2. The molecule has 4 aromatic rings. The van der Waals surface area contributed by atoms with E-state index in [0.717, 1.165) is 66.5 Å². The molecule has 3 aromatic heterocycles. The Morgan fingerprint density at radius 1 is 0.968 bits per heavy atom. The minimum atomic E-state index is -0.344. The number of aryl methyl sites for hydroxylation is 3. The molecule has 4 heterocycles. The summed E-state index contributed by atoms with van der Waals surface area (Å²) in [6.07, 6.45) is 7.77. The van der Waals surface area contributed by atoms with Crippen LogP contribution in [-0.4, -0.2) is 23.0 Å². The van der Waals surface area contributed by atoms with Crippen LogP contribution in [0.4, 0.5) is 0 Å². The summed E-state index contributed by atoms with van der Waals surface area (Å²) in [6.45, 7) is 5.12. The average molecular weight is 437 g/mol. The number of rotatable bonds is 3. The number of likely N-dealkylation sites (tertiary alicyclic amines) is 1. The van der Waals surface area contributed by atoms with Gasteiger partial charge in [-0.2, -0.15) is 0 Å². The van der Waals surface area contributed by atoms with E-state index in [1.54, 1.807) is 6.07 Å². The lowest BCUT2D eigenvalue weighted by atomic mass is 10.0. The lowest BCUT2D eigenvalue weighted by Gasteiger charge is -2.14. The van der Waals surface area contributed by atoms with Crippen molar-refractivity contribution in [1.82, 2.24) is 9.88 Å². The highest BCUT2D eigenvalue weighted by Crippen LogP contribution is 2.37. The molecule has 0 amide bonds. The summed E-state index contributed by atoms with van der Waals surface area (Å²) in [7, 11) is 0. The number of nitrogens with zero attached hydrogens (tertiary/aromatic N) is 2. The molecule has 31 heavy (non-hydrogen) atoms. The van der Waals surface area contributed by atoms with Gasteiger partial charge < -0.3 is 8.83 Å². The second kappa shape index (κ2) is 7.81. The number of hydrogen-bond acceptors (Lipinski definition) is 5. The van der Waals surface area contributed by atoms with Crippen molar-refractivity contribution in [1.29, 1.82) is 0 Å². The summed E-state index contributed by atoms with van der Waals surface area (Å²) in [6, 6.07) is 7.86. The molecule has 1 fully saturated rings. The number of pyridine rings is 1. The fourth-order valence-corrected chi connectivity index (χ4v) is 5.08. The van der Waals surface area contributed by atoms with E-state index in [9.17, 15) is 4.79 Å². The van der Waals surface area contributed by atoms with Gasteiger partial charge in [-0.3, -0.25) is 9.88 Å². The first kappa shape index (κ1) is 20.3. The first-order valence-corrected chi connectivity index (χ1v) is 10.9. The smallest absolute Gasteiger partial charge is 0.336 e. The third-order valence-electron chi connectivity index (χ3n) is 6.64. The highest BCUT2D eigenvalue weighted by Gasteiger charge is 2.20. The predicted octanol–water partition coefficient (Wildman–Crippen LogP) is 5.42. The first-order valence-electron chi connectivity index (χ1n) is 10.9. The Hall–Kier alpha value is -2.63. The van der Waals surface area contributed by atoms with E-state index in [1.165, 1.54) is 29.5 Å². The highest BCUT2D eigenvalue weighted by molar-refractivity contribution is 5.96. The summed E-state index contributed by atoms with van der Waals surface area (Å²) in [5, 5.41) is 2.04. The van der Waals surface area contributed by atoms with Gasteiger partial charge in [0.1, 0.15) is 11.3 Å². The monoisotopic (exact) mass is 436 g/mol. The molecule has 1 saturated heterocycles. The summed E-state index contributed by atoms with van der Waals surface area (Å²) >= 11 is 0. The van der Waals surface area contributed by atoms with Crippen molar-refractivity contribution in [3.05, 3.63) is 63.3 Å². The minimum absolute atomic E-state index is 0. The van der Waals surface area contributed by atoms with E-state index in [2.05, 4.69) is 22.0 Å². The Morgan fingerprint density at radius 3 is 2.55 bits per heavy atom. The molecule has 1 aliphatic carbocycles. The topological polar surface area (TPSA) is 59.5 Å². The zero-order valence-electron chi connectivity index (χ0n) is 17.6. The molecule has 6 heteroatoms. The number of aromatic nitrogens is 1. The lowest BCUT2D eigenvalue weighted by Crippen LogP contribution is -2.18. The summed E-state index contributed by atoms with van der Waals surface area (Å²) in [5.74, 6) is 0.708. The molecule has 1 aromatic carbocycles. The Bertz CT molecular complexity index is 1350. The summed E-state index contributed by atoms with van der Waals surface area (Å²) in [5.41, 5.74) is 6.61. The molecule has 5 nitrogen and oxygen atoms in total. The predicted molar refractivity (Wildman–Crippen MR) is 124 cm³/mol. The Morgan fingerprint density at radius 2 is 1.74 bits per heavy atom. The largest absolute Gasteiger partial charge is 0.454 e. The molecule has 0 atom stereocenters. The second-order valence-corrected chi connectivity index (χ2v) is 8.66. The van der Waals surface area contributed by atoms with Crippen molar-refractivity contribution in [3.8, 4) is 11.3 Å². The van der Waals surface area contributed by atoms with Crippen molar-refractivity contribution in [2.75, 3.05) is 13.1 Å². The van der Waals surface area contributed by atoms with Gasteiger partial charge in [0.05, 0.1) is 5.69 Å². The van der Waals surface area contributed by atoms with E-state index < -0.39 is 0 Å². The van der Waals surface area contributed by atoms with Gasteiger partial charge in [0.15, 0.2) is 5.58 Å². The molecule has 6 rings (SSSR count). The SMILES string of the molecule is Cc1ncc(CN2CCCC2)c2cc(-c3cc(=O)oc4cc5c(cc34)CCC5)oc12.Cl. The Kier molecular flexibility index (Phi) is 5.11. The molecule has 1 aliphatic heterocycles. The Balaban J connectivity index is 0.00000204. The van der Waals surface area contributed by atoms with Crippen molar-refractivity contribution >= 4 is 34.3 Å². The third kappa shape index (κ3) is 3.46. The van der Waals surface area contributed by atoms with Crippen LogP contribution in [0.3, 0.4) is 0 Å². The van der Waals surface area contributed by atoms with E-state index >= 15 is 0 Å². The van der Waals surface area contributed by atoms with Crippen LogP contribution in [0.1, 0.15) is 41.6 Å². The van der Waals surface area contributed by atoms with E-state index in [0.29, 0.717) is 11.3 Å². The van der Waals surface area contributed by atoms with E-state index in [-0.39, 0.29) is 18.0 Å². The quantitative estimate of drug-likeness (QED) is 0.401. The van der Waals surface area contributed by atoms with E-state index in [4.69, 9.17) is 8.83 Å². The van der Waals surface area contributed by atoms with Crippen LogP contribution in [0.5, 0.6) is 0 Å². The number of hydrogen-bond donors (Lipinski definition) is 0. The van der Waals surface area contributed by atoms with Crippen molar-refractivity contribution in [2.45, 2.75) is 45.6 Å². The van der Waals surface area contributed by atoms with Crippen LogP contribution in [0.2, 0.25) is 0 Å². The van der Waals surface area contributed by atoms with Gasteiger partial charge in [0.2, 0.25) is 0 Å². The molecule has 0 bridgehead atoms. The highest BCUT2D eigenvalue weighted by atomic mass is 35.5. The zero-order valence-corrected chi connectivity index (χ0v) is 18.4. The van der Waals surface area contributed by atoms with Crippen LogP contribution in [0, 0.1) is 6.92 Å². The van der Waals surface area contributed by atoms with E-state index in [1.807, 2.05) is 19.2 Å². The van der Waals surface area contributed by atoms with Gasteiger partial charge in [-0.25, -0.2) is 4.79 Å². The molecule has 0 spiro atoms. The molecular formula is C25H25ClN2O3. The van der Waals surface area contributed by atoms with Crippen LogP contribution < -0.4 is 5.63 Å². The summed E-state index contributed by atoms with van der Waals surface area (Å²) in [4.78, 5) is 19.4.